The first-order chi connectivity index (χ1) is 7.94. The van der Waals surface area contributed by atoms with Crippen molar-refractivity contribution in [2.75, 3.05) is 0 Å². The Balaban J connectivity index is 2.92. The largest absolute Gasteiger partial charge is 0.458 e. The van der Waals surface area contributed by atoms with E-state index in [1.807, 2.05) is 13.8 Å². The Morgan fingerprint density at radius 3 is 2.29 bits per heavy atom. The van der Waals surface area contributed by atoms with Crippen LogP contribution in [0.2, 0.25) is 0 Å². The molecule has 1 atom stereocenters. The molecule has 0 bridgehead atoms. The normalized spacial score (nSPS) is 27.7. The average molecular weight is 240 g/mol. The highest BCUT2D eigenvalue weighted by molar-refractivity contribution is 6.05. The number of esters is 1. The quantitative estimate of drug-likeness (QED) is 0.419. The average Bonchev–Trinajstić information content (AvgIpc) is 2.33. The Hall–Kier alpha value is -1.19. The number of carbonyl (C=O) groups is 3. The van der Waals surface area contributed by atoms with Crippen molar-refractivity contribution in [1.29, 1.82) is 0 Å². The highest BCUT2D eigenvalue weighted by Gasteiger charge is 2.52. The van der Waals surface area contributed by atoms with Gasteiger partial charge in [0, 0.05) is 12.8 Å². The molecule has 1 saturated heterocycles. The van der Waals surface area contributed by atoms with Crippen LogP contribution in [0.4, 0.5) is 0 Å². The number of cyclic esters (lactones) is 1. The van der Waals surface area contributed by atoms with Crippen LogP contribution in [0, 0.1) is 5.41 Å². The first kappa shape index (κ1) is 13.9. The summed E-state index contributed by atoms with van der Waals surface area (Å²) in [5.74, 6) is -0.571. The molecule has 4 nitrogen and oxygen atoms in total. The second-order valence-electron chi connectivity index (χ2n) is 4.92. The monoisotopic (exact) mass is 240 g/mol. The molecule has 1 rings (SSSR count). The molecule has 0 radical (unpaired) electrons. The number of hydrogen-bond donors (Lipinski definition) is 0. The van der Waals surface area contributed by atoms with Crippen molar-refractivity contribution in [2.24, 2.45) is 5.41 Å². The highest BCUT2D eigenvalue weighted by atomic mass is 16.6. The lowest BCUT2D eigenvalue weighted by Gasteiger charge is -2.41. The minimum absolute atomic E-state index is 0.0979. The van der Waals surface area contributed by atoms with E-state index < -0.39 is 17.0 Å². The Bertz CT molecular complexity index is 308. The molecule has 96 valence electrons. The summed E-state index contributed by atoms with van der Waals surface area (Å²) < 4.78 is 5.48. The zero-order valence-electron chi connectivity index (χ0n) is 10.7. The summed E-state index contributed by atoms with van der Waals surface area (Å²) in [7, 11) is 0. The molecule has 0 amide bonds. The van der Waals surface area contributed by atoms with Crippen molar-refractivity contribution in [3.63, 3.8) is 0 Å². The van der Waals surface area contributed by atoms with Gasteiger partial charge < -0.3 is 9.53 Å². The molecule has 1 aliphatic heterocycles. The summed E-state index contributed by atoms with van der Waals surface area (Å²) >= 11 is 0. The maximum absolute atomic E-state index is 12.1. The Morgan fingerprint density at radius 2 is 1.88 bits per heavy atom. The van der Waals surface area contributed by atoms with Crippen molar-refractivity contribution in [3.05, 3.63) is 0 Å². The fraction of sp³-hybridized carbons (Fsp3) is 0.769. The minimum atomic E-state index is -1.13. The van der Waals surface area contributed by atoms with E-state index >= 15 is 0 Å². The predicted molar refractivity (Wildman–Crippen MR) is 62.4 cm³/mol. The van der Waals surface area contributed by atoms with E-state index in [1.165, 1.54) is 0 Å². The van der Waals surface area contributed by atoms with Crippen LogP contribution in [0.3, 0.4) is 0 Å². The zero-order chi connectivity index (χ0) is 13.1. The number of aldehydes is 1. The van der Waals surface area contributed by atoms with Gasteiger partial charge in [0.2, 0.25) is 0 Å². The van der Waals surface area contributed by atoms with E-state index in [2.05, 4.69) is 0 Å². The standard InChI is InChI=1S/C13H20O4/c1-4-13(5-2)9-10(15)12(3,7-6-8-14)11(16)17-13/h8H,4-7,9H2,1-3H3/t12-/m1/s1. The highest BCUT2D eigenvalue weighted by Crippen LogP contribution is 2.40. The minimum Gasteiger partial charge on any atom is -0.458 e. The van der Waals surface area contributed by atoms with Gasteiger partial charge in [0.25, 0.3) is 0 Å². The number of hydrogen-bond acceptors (Lipinski definition) is 4. The van der Waals surface area contributed by atoms with Crippen molar-refractivity contribution in [1.82, 2.24) is 0 Å². The molecule has 0 N–H and O–H groups in total. The molecule has 0 aromatic carbocycles. The molecule has 0 saturated carbocycles. The number of rotatable bonds is 5. The third kappa shape index (κ3) is 2.40. The molecule has 0 aromatic heterocycles. The SMILES string of the molecule is CCC1(CC)CC(=O)[C@@](C)(CCC=O)C(=O)O1. The first-order valence-corrected chi connectivity index (χ1v) is 6.14. The van der Waals surface area contributed by atoms with Crippen LogP contribution in [0.15, 0.2) is 0 Å². The van der Waals surface area contributed by atoms with Crippen LogP contribution in [0.5, 0.6) is 0 Å². The van der Waals surface area contributed by atoms with Gasteiger partial charge in [-0.05, 0) is 26.2 Å². The maximum Gasteiger partial charge on any atom is 0.319 e. The van der Waals surface area contributed by atoms with Crippen molar-refractivity contribution < 1.29 is 19.1 Å². The summed E-state index contributed by atoms with van der Waals surface area (Å²) in [6, 6.07) is 0. The zero-order valence-corrected chi connectivity index (χ0v) is 10.7. The predicted octanol–water partition coefficient (Wildman–Crippen LogP) is 2.05. The van der Waals surface area contributed by atoms with Crippen molar-refractivity contribution >= 4 is 18.0 Å². The fourth-order valence-electron chi connectivity index (χ4n) is 2.18. The van der Waals surface area contributed by atoms with Gasteiger partial charge in [-0.15, -0.1) is 0 Å². The van der Waals surface area contributed by atoms with Gasteiger partial charge in [0.1, 0.15) is 17.3 Å². The summed E-state index contributed by atoms with van der Waals surface area (Å²) in [6.45, 7) is 5.41. The van der Waals surface area contributed by atoms with Gasteiger partial charge in [-0.3, -0.25) is 9.59 Å². The van der Waals surface area contributed by atoms with Crippen LogP contribution < -0.4 is 0 Å². The van der Waals surface area contributed by atoms with Crippen LogP contribution in [0.1, 0.15) is 52.9 Å². The number of ether oxygens (including phenoxy) is 1. The molecule has 1 aliphatic rings. The molecule has 0 unspecified atom stereocenters. The summed E-state index contributed by atoms with van der Waals surface area (Å²) in [6.07, 6.45) is 2.74. The van der Waals surface area contributed by atoms with E-state index in [0.29, 0.717) is 12.8 Å². The molecular formula is C13H20O4. The van der Waals surface area contributed by atoms with Crippen LogP contribution in [-0.2, 0) is 19.1 Å². The molecule has 1 heterocycles. The Labute approximate surface area is 102 Å². The van der Waals surface area contributed by atoms with Crippen LogP contribution >= 0.6 is 0 Å². The molecule has 0 aromatic rings. The maximum atomic E-state index is 12.1. The van der Waals surface area contributed by atoms with Gasteiger partial charge in [-0.2, -0.15) is 0 Å². The number of carbonyl (C=O) groups excluding carboxylic acids is 3. The number of ketones is 1. The lowest BCUT2D eigenvalue weighted by molar-refractivity contribution is -0.187. The second kappa shape index (κ2) is 4.98. The summed E-state index contributed by atoms with van der Waals surface area (Å²) in [5, 5.41) is 0. The molecule has 1 fully saturated rings. The van der Waals surface area contributed by atoms with Crippen molar-refractivity contribution in [3.8, 4) is 0 Å². The molecule has 17 heavy (non-hydrogen) atoms. The van der Waals surface area contributed by atoms with Gasteiger partial charge >= 0.3 is 5.97 Å². The third-order valence-electron chi connectivity index (χ3n) is 3.91. The third-order valence-corrected chi connectivity index (χ3v) is 3.91. The fourth-order valence-corrected chi connectivity index (χ4v) is 2.18. The van der Waals surface area contributed by atoms with Gasteiger partial charge in [0.05, 0.1) is 0 Å². The van der Waals surface area contributed by atoms with Gasteiger partial charge in [-0.1, -0.05) is 13.8 Å². The lowest BCUT2D eigenvalue weighted by atomic mass is 9.73. The van der Waals surface area contributed by atoms with Crippen LogP contribution in [-0.4, -0.2) is 23.6 Å². The lowest BCUT2D eigenvalue weighted by Crippen LogP contribution is -2.52. The summed E-state index contributed by atoms with van der Waals surface area (Å²) in [5.41, 5.74) is -1.76. The number of Topliss-reactive ketones (excluding diaryl/α,β-unsaturated/α-hetero) is 1. The van der Waals surface area contributed by atoms with E-state index in [-0.39, 0.29) is 25.0 Å². The van der Waals surface area contributed by atoms with E-state index in [9.17, 15) is 14.4 Å². The van der Waals surface area contributed by atoms with Crippen molar-refractivity contribution in [2.45, 2.75) is 58.5 Å². The molecule has 4 heteroatoms. The molecule has 0 aliphatic carbocycles. The first-order valence-electron chi connectivity index (χ1n) is 6.14. The second-order valence-corrected chi connectivity index (χ2v) is 4.92. The smallest absolute Gasteiger partial charge is 0.319 e. The molecule has 0 spiro atoms. The topological polar surface area (TPSA) is 60.4 Å². The van der Waals surface area contributed by atoms with Gasteiger partial charge in [0.15, 0.2) is 5.78 Å². The van der Waals surface area contributed by atoms with E-state index in [1.54, 1.807) is 6.92 Å². The van der Waals surface area contributed by atoms with Crippen LogP contribution in [0.25, 0.3) is 0 Å². The summed E-state index contributed by atoms with van der Waals surface area (Å²) in [4.78, 5) is 34.5. The Kier molecular flexibility index (Phi) is 4.07. The van der Waals surface area contributed by atoms with E-state index in [4.69, 9.17) is 4.74 Å². The Morgan fingerprint density at radius 1 is 1.29 bits per heavy atom. The molecular weight excluding hydrogens is 220 g/mol. The van der Waals surface area contributed by atoms with E-state index in [0.717, 1.165) is 6.29 Å². The van der Waals surface area contributed by atoms with Gasteiger partial charge in [-0.25, -0.2) is 0 Å².